The van der Waals surface area contributed by atoms with Gasteiger partial charge in [-0.3, -0.25) is 0 Å². The number of nitrogens with two attached hydrogens (primary N) is 4. The van der Waals surface area contributed by atoms with E-state index < -0.39 is 24.5 Å². The molecule has 8 fully saturated rings. The van der Waals surface area contributed by atoms with Crippen LogP contribution in [0.25, 0.3) is 0 Å². The molecule has 14 N–H and O–H groups in total. The van der Waals surface area contributed by atoms with Crippen molar-refractivity contribution in [3.63, 3.8) is 0 Å². The summed E-state index contributed by atoms with van der Waals surface area (Å²) in [5, 5.41) is 68.6. The fourth-order valence-corrected chi connectivity index (χ4v) is 7.47. The van der Waals surface area contributed by atoms with E-state index in [0.29, 0.717) is 26.2 Å². The first kappa shape index (κ1) is 90.8. The van der Waals surface area contributed by atoms with Gasteiger partial charge in [0.25, 0.3) is 6.16 Å². The number of aliphatic hydroxyl groups is 1. The Labute approximate surface area is 474 Å². The topological polar surface area (TPSA) is 475 Å². The first-order valence-electron chi connectivity index (χ1n) is 28.1. The minimum absolute atomic E-state index is 0. The van der Waals surface area contributed by atoms with Crippen molar-refractivity contribution < 1.29 is 120 Å². The fourth-order valence-electron chi connectivity index (χ4n) is 7.47. The molecule has 28 heteroatoms. The predicted octanol–water partition coefficient (Wildman–Crippen LogP) is -4.82. The lowest BCUT2D eigenvalue weighted by molar-refractivity contribution is -0.662. The smallest absolute Gasteiger partial charge is 0.373 e. The standard InChI is InChI=1S/2C6H11NO2.6C5H11N.C3H6O3.C2H6O.CH2O3.4CO2.H2O/c2*8-6(9)7-4-2-1-3-5-7;6*1-2-4-6-5-3-1;1-2-6-3(4)5;1-2-3;2-1(3)4;4*2-1-3;/h2*1-5H2,(H,8,9);6*6H,1-5H2;2H2,1H3,(H,4,5);3H,2H2,1H3;(H2,2,3,4);;;;;1H2. The summed E-state index contributed by atoms with van der Waals surface area (Å²) in [5.74, 6) is 0. The Kier molecular flexibility index (Phi) is 102. The second kappa shape index (κ2) is 89.8. The summed E-state index contributed by atoms with van der Waals surface area (Å²) < 4.78 is 3.85. The summed E-state index contributed by atoms with van der Waals surface area (Å²) in [6.07, 6.45) is 27.6. The van der Waals surface area contributed by atoms with E-state index in [2.05, 4.69) is 36.6 Å². The molecule has 0 aliphatic carbocycles. The zero-order valence-corrected chi connectivity index (χ0v) is 48.2. The molecule has 8 aliphatic heterocycles. The molecule has 0 aromatic rings. The lowest BCUT2D eigenvalue weighted by atomic mass is 10.1. The maximum Gasteiger partial charge on any atom is 0.373 e. The van der Waals surface area contributed by atoms with Crippen molar-refractivity contribution in [1.29, 1.82) is 0 Å². The van der Waals surface area contributed by atoms with E-state index in [4.69, 9.17) is 58.5 Å². The number of carbonyl (C=O) groups is 4. The van der Waals surface area contributed by atoms with Crippen LogP contribution in [0, 0.1) is 0 Å². The minimum Gasteiger partial charge on any atom is -0.565 e. The van der Waals surface area contributed by atoms with Crippen LogP contribution in [0.2, 0.25) is 0 Å². The van der Waals surface area contributed by atoms with Crippen molar-refractivity contribution in [2.75, 3.05) is 118 Å². The van der Waals surface area contributed by atoms with E-state index in [1.54, 1.807) is 13.8 Å². The van der Waals surface area contributed by atoms with Crippen molar-refractivity contribution in [3.8, 4) is 0 Å². The zero-order valence-electron chi connectivity index (χ0n) is 48.2. The maximum atomic E-state index is 10.2. The molecule has 80 heavy (non-hydrogen) atoms. The van der Waals surface area contributed by atoms with Crippen molar-refractivity contribution in [1.82, 2.24) is 20.4 Å². The van der Waals surface area contributed by atoms with Crippen LogP contribution in [-0.4, -0.2) is 193 Å². The van der Waals surface area contributed by atoms with E-state index in [-0.39, 0.29) is 43.3 Å². The molecule has 0 radical (unpaired) electrons. The molecule has 8 heterocycles. The van der Waals surface area contributed by atoms with Gasteiger partial charge in [-0.25, -0.2) is 0 Å². The highest BCUT2D eigenvalue weighted by Gasteiger charge is 2.09. The quantitative estimate of drug-likeness (QED) is 0.114. The first-order valence-corrected chi connectivity index (χ1v) is 28.1. The van der Waals surface area contributed by atoms with Gasteiger partial charge < -0.3 is 102 Å². The normalized spacial score (nSPS) is 16.7. The number of hydrogen-bond donors (Lipinski definition) is 8. The van der Waals surface area contributed by atoms with Gasteiger partial charge >= 0.3 is 24.6 Å². The van der Waals surface area contributed by atoms with Crippen LogP contribution in [0.5, 0.6) is 0 Å². The van der Waals surface area contributed by atoms with Crippen LogP contribution in [-0.2, 0) is 43.1 Å². The highest BCUT2D eigenvalue weighted by Crippen LogP contribution is 2.08. The predicted molar refractivity (Wildman–Crippen MR) is 279 cm³/mol. The third kappa shape index (κ3) is 112. The molecule has 0 aromatic carbocycles. The number of carbonyl (C=O) groups excluding carboxylic acids is 11. The monoisotopic (exact) mass is 1160 g/mol. The number of ether oxygens (including phenoxy) is 1. The van der Waals surface area contributed by atoms with Crippen LogP contribution < -0.4 is 52.3 Å². The summed E-state index contributed by atoms with van der Waals surface area (Å²) in [4.78, 5) is 106. The summed E-state index contributed by atoms with van der Waals surface area (Å²) in [6, 6.07) is 0. The molecule has 0 spiro atoms. The lowest BCUT2D eigenvalue weighted by Gasteiger charge is -2.28. The Morgan fingerprint density at radius 3 is 0.650 bits per heavy atom. The number of nitrogens with zero attached hydrogens (tertiary/aromatic N) is 2. The van der Waals surface area contributed by atoms with Gasteiger partial charge in [0.2, 0.25) is 6.16 Å². The van der Waals surface area contributed by atoms with Gasteiger partial charge in [0.1, 0.15) is 12.2 Å². The van der Waals surface area contributed by atoms with Gasteiger partial charge in [0.05, 0.1) is 52.4 Å². The second-order valence-electron chi connectivity index (χ2n) is 17.6. The van der Waals surface area contributed by atoms with Crippen LogP contribution in [0.4, 0.5) is 19.2 Å². The Morgan fingerprint density at radius 2 is 0.588 bits per heavy atom. The number of piperidine rings is 8. The van der Waals surface area contributed by atoms with Crippen molar-refractivity contribution >= 4 is 49.1 Å². The lowest BCUT2D eigenvalue weighted by Crippen LogP contribution is -2.85. The molecular formula is C52H104N8O20. The summed E-state index contributed by atoms with van der Waals surface area (Å²) in [5.41, 5.74) is 0. The van der Waals surface area contributed by atoms with Crippen molar-refractivity contribution in [2.24, 2.45) is 0 Å². The van der Waals surface area contributed by atoms with Gasteiger partial charge in [-0.05, 0) is 181 Å². The molecular weight excluding hydrogens is 1060 g/mol. The van der Waals surface area contributed by atoms with Crippen LogP contribution >= 0.6 is 0 Å². The van der Waals surface area contributed by atoms with Gasteiger partial charge in [-0.2, -0.15) is 38.4 Å². The van der Waals surface area contributed by atoms with Crippen LogP contribution in [0.1, 0.15) is 168 Å². The number of rotatable bonds is 1. The molecule has 8 saturated heterocycles. The number of nitrogens with one attached hydrogen (secondary N) is 2. The van der Waals surface area contributed by atoms with Crippen LogP contribution in [0.15, 0.2) is 0 Å². The molecule has 0 bridgehead atoms. The summed E-state index contributed by atoms with van der Waals surface area (Å²) in [7, 11) is 0. The van der Waals surface area contributed by atoms with Crippen molar-refractivity contribution in [3.05, 3.63) is 0 Å². The maximum absolute atomic E-state index is 10.2. The van der Waals surface area contributed by atoms with E-state index >= 15 is 0 Å². The molecule has 472 valence electrons. The first-order chi connectivity index (χ1) is 38.2. The molecule has 0 unspecified atom stereocenters. The molecule has 28 nitrogen and oxygen atoms in total. The van der Waals surface area contributed by atoms with Gasteiger partial charge in [0, 0.05) is 39.4 Å². The highest BCUT2D eigenvalue weighted by atomic mass is 16.7. The van der Waals surface area contributed by atoms with Crippen LogP contribution in [0.3, 0.4) is 0 Å². The average molecular weight is 1160 g/mol. The molecule has 8 rings (SSSR count). The van der Waals surface area contributed by atoms with E-state index in [0.717, 1.165) is 38.5 Å². The number of aliphatic hydroxyl groups excluding tert-OH is 1. The van der Waals surface area contributed by atoms with Gasteiger partial charge in [-0.15, -0.1) is 0 Å². The number of carboxylic acid groups (broad SMARTS) is 5. The minimum atomic E-state index is -2.08. The third-order valence-electron chi connectivity index (χ3n) is 11.2. The fraction of sp³-hybridized carbons (Fsp3) is 0.846. The Balaban J connectivity index is -0.000000117. The molecule has 0 saturated carbocycles. The summed E-state index contributed by atoms with van der Waals surface area (Å²) in [6.45, 7) is 22.4. The molecule has 0 aromatic heterocycles. The van der Waals surface area contributed by atoms with Gasteiger partial charge in [-0.1, -0.05) is 12.8 Å². The zero-order chi connectivity index (χ0) is 60.9. The molecule has 0 atom stereocenters. The third-order valence-corrected chi connectivity index (χ3v) is 11.2. The Bertz CT molecular complexity index is 1140. The number of amides is 2. The molecule has 2 amide bonds. The van der Waals surface area contributed by atoms with E-state index in [1.807, 2.05) is 0 Å². The Hall–Kier alpha value is -5.72. The largest absolute Gasteiger partial charge is 0.565 e. The SMILES string of the molecule is C1CCNCC1.C1CCNCC1.C1CC[NH2+]CC1.C1CC[NH2+]CC1.C1CC[NH2+]CC1.C1CC[NH2+]CC1.CCO.CCOC(=O)[O-].O.O=C([O-])N1CCCCC1.O=C([O-])N1CCCCC1.O=C([O-])O.O=C=O.O=C=O.O=C=O.O=C=O. The number of hydrogen-bond acceptors (Lipinski definition) is 20. The average Bonchev–Trinajstić information content (AvgIpc) is 3.48. The van der Waals surface area contributed by atoms with E-state index in [1.165, 1.54) is 204 Å². The Morgan fingerprint density at radius 1 is 0.412 bits per heavy atom. The number of quaternary nitrogens is 4. The second-order valence-corrected chi connectivity index (χ2v) is 17.6. The summed E-state index contributed by atoms with van der Waals surface area (Å²) >= 11 is 0. The van der Waals surface area contributed by atoms with Crippen molar-refractivity contribution in [2.45, 2.75) is 168 Å². The number of likely N-dealkylation sites (tertiary alicyclic amines) is 2. The molecule has 8 aliphatic rings. The van der Waals surface area contributed by atoms with E-state index in [9.17, 15) is 29.7 Å². The van der Waals surface area contributed by atoms with Gasteiger partial charge in [0.15, 0.2) is 0 Å². The highest BCUT2D eigenvalue weighted by molar-refractivity contribution is 5.62.